The van der Waals surface area contributed by atoms with Crippen molar-refractivity contribution in [1.82, 2.24) is 6.15 Å². The third-order valence-electron chi connectivity index (χ3n) is 0. The van der Waals surface area contributed by atoms with E-state index in [4.69, 9.17) is 19.2 Å². The molecule has 0 fully saturated rings. The van der Waals surface area contributed by atoms with Crippen LogP contribution in [0.2, 0.25) is 0 Å². The molecular formula is H4FeNO4P. The van der Waals surface area contributed by atoms with Gasteiger partial charge >= 0.3 is 17.1 Å². The molecule has 0 aromatic carbocycles. The topological polar surface area (TPSA) is 123 Å². The summed E-state index contributed by atoms with van der Waals surface area (Å²) in [6.07, 6.45) is 0. The SMILES string of the molecule is O=P([O-])([O-])[O-].[Fe+2].[NH4+]. The molecule has 0 aliphatic carbocycles. The van der Waals surface area contributed by atoms with E-state index in [2.05, 4.69) is 0 Å². The Kier molecular flexibility index (Phi) is 10.6. The van der Waals surface area contributed by atoms with Gasteiger partial charge in [-0.2, -0.15) is 7.82 Å². The second-order valence-electron chi connectivity index (χ2n) is 0.447. The van der Waals surface area contributed by atoms with Gasteiger partial charge in [0.05, 0.1) is 0 Å². The molecule has 0 aromatic rings. The van der Waals surface area contributed by atoms with Crippen LogP contribution in [-0.2, 0) is 21.6 Å². The van der Waals surface area contributed by atoms with E-state index in [0.717, 1.165) is 0 Å². The maximum Gasteiger partial charge on any atom is 2.00 e. The van der Waals surface area contributed by atoms with E-state index in [1.807, 2.05) is 0 Å². The van der Waals surface area contributed by atoms with Crippen molar-refractivity contribution in [3.05, 3.63) is 0 Å². The van der Waals surface area contributed by atoms with Gasteiger partial charge in [-0.3, -0.25) is 0 Å². The van der Waals surface area contributed by atoms with Crippen molar-refractivity contribution in [1.29, 1.82) is 0 Å². The molecule has 7 heteroatoms. The van der Waals surface area contributed by atoms with Crippen LogP contribution in [0.1, 0.15) is 0 Å². The van der Waals surface area contributed by atoms with Crippen molar-refractivity contribution >= 4 is 7.82 Å². The molecule has 0 heterocycles. The number of hydrogen-bond donors (Lipinski definition) is 1. The fourth-order valence-corrected chi connectivity index (χ4v) is 0. The third kappa shape index (κ3) is 399. The van der Waals surface area contributed by atoms with Crippen molar-refractivity contribution in [3.63, 3.8) is 0 Å². The van der Waals surface area contributed by atoms with Crippen molar-refractivity contribution in [2.75, 3.05) is 0 Å². The largest absolute Gasteiger partial charge is 2.00 e. The molecule has 5 nitrogen and oxygen atoms in total. The molecule has 46 valence electrons. The van der Waals surface area contributed by atoms with E-state index in [9.17, 15) is 0 Å². The third-order valence-corrected chi connectivity index (χ3v) is 0. The molecule has 0 bridgehead atoms. The average Bonchev–Trinajstić information content (AvgIpc) is 0.722. The zero-order valence-electron chi connectivity index (χ0n) is 3.43. The Balaban J connectivity index is -0.0000000800. The molecule has 0 radical (unpaired) electrons. The van der Waals surface area contributed by atoms with Crippen LogP contribution in [0.5, 0.6) is 0 Å². The first-order valence-corrected chi connectivity index (χ1v) is 2.19. The first-order valence-electron chi connectivity index (χ1n) is 0.730. The zero-order chi connectivity index (χ0) is 4.50. The maximum atomic E-state index is 8.55. The van der Waals surface area contributed by atoms with Crippen LogP contribution in [0.4, 0.5) is 0 Å². The van der Waals surface area contributed by atoms with Crippen LogP contribution >= 0.6 is 7.82 Å². The second kappa shape index (κ2) is 4.74. The Morgan fingerprint density at radius 1 is 1.14 bits per heavy atom. The van der Waals surface area contributed by atoms with Crippen LogP contribution in [0, 0.1) is 0 Å². The molecule has 0 aromatic heterocycles. The van der Waals surface area contributed by atoms with E-state index >= 15 is 0 Å². The molecule has 0 rings (SSSR count). The van der Waals surface area contributed by atoms with Crippen LogP contribution in [0.15, 0.2) is 0 Å². The standard InChI is InChI=1S/Fe.H3N.H3O4P/c;;1-5(2,3)4/h;1H3;(H3,1,2,3,4)/q+2;;/p-2. The van der Waals surface area contributed by atoms with Gasteiger partial charge in [-0.1, -0.05) is 0 Å². The summed E-state index contributed by atoms with van der Waals surface area (Å²) in [7, 11) is -5.39. The number of rotatable bonds is 0. The minimum absolute atomic E-state index is 0. The summed E-state index contributed by atoms with van der Waals surface area (Å²) in [5.74, 6) is 0. The molecule has 0 aliphatic heterocycles. The molecule has 7 heavy (non-hydrogen) atoms. The van der Waals surface area contributed by atoms with Crippen molar-refractivity contribution < 1.29 is 36.3 Å². The van der Waals surface area contributed by atoms with E-state index < -0.39 is 7.82 Å². The van der Waals surface area contributed by atoms with E-state index in [1.165, 1.54) is 0 Å². The fourth-order valence-electron chi connectivity index (χ4n) is 0. The van der Waals surface area contributed by atoms with Gasteiger partial charge in [-0.25, -0.2) is 0 Å². The van der Waals surface area contributed by atoms with E-state index in [1.54, 1.807) is 0 Å². The normalized spacial score (nSPS) is 8.43. The Bertz CT molecular complexity index is 57.8. The minimum atomic E-state index is -5.39. The molecule has 0 saturated heterocycles. The van der Waals surface area contributed by atoms with E-state index in [-0.39, 0.29) is 23.2 Å². The average molecular weight is 169 g/mol. The molecule has 0 saturated carbocycles. The predicted molar refractivity (Wildman–Crippen MR) is 13.6 cm³/mol. The van der Waals surface area contributed by atoms with Gasteiger partial charge < -0.3 is 25.4 Å². The van der Waals surface area contributed by atoms with Crippen LogP contribution in [0.25, 0.3) is 0 Å². The summed E-state index contributed by atoms with van der Waals surface area (Å²) in [6, 6.07) is 0. The number of hydrogen-bond acceptors (Lipinski definition) is 4. The smallest absolute Gasteiger partial charge is 0.822 e. The summed E-state index contributed by atoms with van der Waals surface area (Å²) in [5, 5.41) is 0. The van der Waals surface area contributed by atoms with Gasteiger partial charge in [0.1, 0.15) is 0 Å². The first kappa shape index (κ1) is 15.6. The van der Waals surface area contributed by atoms with Crippen LogP contribution < -0.4 is 20.8 Å². The monoisotopic (exact) mass is 169 g/mol. The Morgan fingerprint density at radius 2 is 1.14 bits per heavy atom. The number of quaternary nitrogens is 1. The number of phosphoric acid groups is 1. The molecular weight excluding hydrogens is 165 g/mol. The maximum absolute atomic E-state index is 8.55. The predicted octanol–water partition coefficient (Wildman–Crippen LogP) is -2.45. The van der Waals surface area contributed by atoms with Gasteiger partial charge in [0.2, 0.25) is 0 Å². The Labute approximate surface area is 51.0 Å². The van der Waals surface area contributed by atoms with Gasteiger partial charge in [0, 0.05) is 0 Å². The quantitative estimate of drug-likeness (QED) is 0.319. The van der Waals surface area contributed by atoms with Crippen molar-refractivity contribution in [2.45, 2.75) is 0 Å². The summed E-state index contributed by atoms with van der Waals surface area (Å²) in [6.45, 7) is 0. The summed E-state index contributed by atoms with van der Waals surface area (Å²) in [4.78, 5) is 25.6. The minimum Gasteiger partial charge on any atom is -0.822 e. The second-order valence-corrected chi connectivity index (χ2v) is 1.34. The molecule has 0 atom stereocenters. The van der Waals surface area contributed by atoms with Gasteiger partial charge in [-0.05, 0) is 0 Å². The zero-order valence-corrected chi connectivity index (χ0v) is 5.43. The summed E-state index contributed by atoms with van der Waals surface area (Å²) >= 11 is 0. The molecule has 4 N–H and O–H groups in total. The Morgan fingerprint density at radius 3 is 1.14 bits per heavy atom. The van der Waals surface area contributed by atoms with Crippen LogP contribution in [-0.4, -0.2) is 0 Å². The van der Waals surface area contributed by atoms with Gasteiger partial charge in [-0.15, -0.1) is 0 Å². The summed E-state index contributed by atoms with van der Waals surface area (Å²) in [5.41, 5.74) is 0. The van der Waals surface area contributed by atoms with Crippen LogP contribution in [0.3, 0.4) is 0 Å². The van der Waals surface area contributed by atoms with E-state index in [0.29, 0.717) is 0 Å². The molecule has 0 spiro atoms. The van der Waals surface area contributed by atoms with Crippen molar-refractivity contribution in [2.24, 2.45) is 0 Å². The first-order chi connectivity index (χ1) is 2.00. The summed E-state index contributed by atoms with van der Waals surface area (Å²) < 4.78 is 8.55. The molecule has 0 unspecified atom stereocenters. The Hall–Kier alpha value is 0.589. The molecule has 0 aliphatic rings. The van der Waals surface area contributed by atoms with Gasteiger partial charge in [0.15, 0.2) is 0 Å². The molecule has 0 amide bonds. The van der Waals surface area contributed by atoms with Gasteiger partial charge in [0.25, 0.3) is 0 Å². The van der Waals surface area contributed by atoms with Crippen molar-refractivity contribution in [3.8, 4) is 0 Å². The fraction of sp³-hybridized carbons (Fsp3) is 0.